The molecule has 0 radical (unpaired) electrons. The van der Waals surface area contributed by atoms with Crippen LogP contribution in [0.15, 0.2) is 18.2 Å². The molecule has 0 aliphatic carbocycles. The van der Waals surface area contributed by atoms with E-state index in [0.717, 1.165) is 18.2 Å². The minimum Gasteiger partial charge on any atom is -0.387 e. The van der Waals surface area contributed by atoms with Crippen LogP contribution in [0.5, 0.6) is 0 Å². The van der Waals surface area contributed by atoms with Crippen LogP contribution in [0.25, 0.3) is 0 Å². The molecule has 2 atom stereocenters. The van der Waals surface area contributed by atoms with Crippen molar-refractivity contribution in [1.82, 2.24) is 0 Å². The summed E-state index contributed by atoms with van der Waals surface area (Å²) in [5.74, 6) is -1.23. The van der Waals surface area contributed by atoms with Crippen LogP contribution in [-0.2, 0) is 10.1 Å². The highest BCUT2D eigenvalue weighted by Crippen LogP contribution is 2.19. The first-order valence-corrected chi connectivity index (χ1v) is 6.68. The van der Waals surface area contributed by atoms with Gasteiger partial charge in [-0.15, -0.1) is 0 Å². The van der Waals surface area contributed by atoms with Gasteiger partial charge in [-0.05, 0) is 25.1 Å². The lowest BCUT2D eigenvalue weighted by Crippen LogP contribution is -2.25. The molecule has 0 aliphatic rings. The van der Waals surface area contributed by atoms with E-state index in [-0.39, 0.29) is 5.56 Å². The van der Waals surface area contributed by atoms with Crippen molar-refractivity contribution in [2.75, 3.05) is 6.26 Å². The summed E-state index contributed by atoms with van der Waals surface area (Å²) in [7, 11) is -3.67. The van der Waals surface area contributed by atoms with Gasteiger partial charge in [0.05, 0.1) is 12.4 Å². The fraction of sp³-hybridized carbons (Fsp3) is 0.400. The van der Waals surface area contributed by atoms with E-state index in [1.807, 2.05) is 0 Å². The molecule has 0 aromatic heterocycles. The zero-order valence-corrected chi connectivity index (χ0v) is 10.7. The SMILES string of the molecule is CC(N)C(O)c1cc(F)ccc1F.CS(=O)(=O)O. The second-order valence-corrected chi connectivity index (χ2v) is 5.17. The quantitative estimate of drug-likeness (QED) is 0.699. The number of halogens is 2. The van der Waals surface area contributed by atoms with E-state index < -0.39 is 33.9 Å². The van der Waals surface area contributed by atoms with Gasteiger partial charge in [-0.3, -0.25) is 4.55 Å². The van der Waals surface area contributed by atoms with Crippen LogP contribution in [0.4, 0.5) is 8.78 Å². The molecule has 0 aliphatic heterocycles. The third-order valence-electron chi connectivity index (χ3n) is 1.77. The van der Waals surface area contributed by atoms with Crippen molar-refractivity contribution < 1.29 is 26.9 Å². The van der Waals surface area contributed by atoms with Gasteiger partial charge >= 0.3 is 0 Å². The molecule has 4 N–H and O–H groups in total. The first-order chi connectivity index (χ1) is 8.02. The van der Waals surface area contributed by atoms with E-state index in [4.69, 9.17) is 10.3 Å². The molecule has 0 heterocycles. The van der Waals surface area contributed by atoms with Crippen molar-refractivity contribution in [2.45, 2.75) is 19.1 Å². The van der Waals surface area contributed by atoms with Crippen LogP contribution in [-0.4, -0.2) is 30.4 Å². The summed E-state index contributed by atoms with van der Waals surface area (Å²) in [6.45, 7) is 1.52. The lowest BCUT2D eigenvalue weighted by molar-refractivity contribution is 0.148. The Balaban J connectivity index is 0.000000494. The van der Waals surface area contributed by atoms with Crippen molar-refractivity contribution in [2.24, 2.45) is 5.73 Å². The molecule has 1 rings (SSSR count). The first-order valence-electron chi connectivity index (χ1n) is 4.83. The second kappa shape index (κ2) is 6.74. The highest BCUT2D eigenvalue weighted by Gasteiger charge is 2.17. The van der Waals surface area contributed by atoms with Gasteiger partial charge in [0.25, 0.3) is 10.1 Å². The minimum absolute atomic E-state index is 0.102. The molecular formula is C10H15F2NO4S. The molecule has 104 valence electrons. The van der Waals surface area contributed by atoms with Gasteiger partial charge in [-0.25, -0.2) is 8.78 Å². The summed E-state index contributed by atoms with van der Waals surface area (Å²) in [6, 6.07) is 2.28. The minimum atomic E-state index is -3.67. The van der Waals surface area contributed by atoms with Crippen molar-refractivity contribution in [1.29, 1.82) is 0 Å². The third kappa shape index (κ3) is 7.28. The van der Waals surface area contributed by atoms with Crippen molar-refractivity contribution in [3.8, 4) is 0 Å². The Labute approximate surface area is 104 Å². The van der Waals surface area contributed by atoms with Gasteiger partial charge in [0, 0.05) is 11.6 Å². The van der Waals surface area contributed by atoms with Crippen LogP contribution in [0.3, 0.4) is 0 Å². The van der Waals surface area contributed by atoms with Gasteiger partial charge in [-0.1, -0.05) is 0 Å². The second-order valence-electron chi connectivity index (χ2n) is 3.70. The van der Waals surface area contributed by atoms with E-state index in [2.05, 4.69) is 0 Å². The topological polar surface area (TPSA) is 101 Å². The molecule has 0 spiro atoms. The molecule has 2 unspecified atom stereocenters. The first kappa shape index (κ1) is 16.9. The van der Waals surface area contributed by atoms with E-state index in [1.165, 1.54) is 6.92 Å². The van der Waals surface area contributed by atoms with Crippen LogP contribution >= 0.6 is 0 Å². The zero-order chi connectivity index (χ0) is 14.5. The number of nitrogens with two attached hydrogens (primary N) is 1. The van der Waals surface area contributed by atoms with E-state index in [0.29, 0.717) is 6.26 Å². The average Bonchev–Trinajstić information content (AvgIpc) is 2.18. The highest BCUT2D eigenvalue weighted by atomic mass is 32.2. The lowest BCUT2D eigenvalue weighted by Gasteiger charge is -2.15. The van der Waals surface area contributed by atoms with E-state index in [9.17, 15) is 22.3 Å². The van der Waals surface area contributed by atoms with Crippen LogP contribution < -0.4 is 5.73 Å². The Morgan fingerprint density at radius 1 is 1.33 bits per heavy atom. The van der Waals surface area contributed by atoms with Crippen LogP contribution in [0, 0.1) is 11.6 Å². The molecular weight excluding hydrogens is 268 g/mol. The third-order valence-corrected chi connectivity index (χ3v) is 1.77. The summed E-state index contributed by atoms with van der Waals surface area (Å²) in [4.78, 5) is 0. The number of rotatable bonds is 2. The van der Waals surface area contributed by atoms with Crippen LogP contribution in [0.2, 0.25) is 0 Å². The largest absolute Gasteiger partial charge is 0.387 e. The number of hydrogen-bond acceptors (Lipinski definition) is 4. The maximum absolute atomic E-state index is 13.0. The summed E-state index contributed by atoms with van der Waals surface area (Å²) < 4.78 is 51.5. The zero-order valence-electron chi connectivity index (χ0n) is 9.84. The number of aliphatic hydroxyl groups is 1. The molecule has 0 saturated heterocycles. The Morgan fingerprint density at radius 2 is 1.78 bits per heavy atom. The molecule has 1 aromatic carbocycles. The van der Waals surface area contributed by atoms with E-state index in [1.54, 1.807) is 0 Å². The molecule has 1 aromatic rings. The monoisotopic (exact) mass is 283 g/mol. The Bertz CT molecular complexity index is 483. The van der Waals surface area contributed by atoms with Crippen LogP contribution in [0.1, 0.15) is 18.6 Å². The van der Waals surface area contributed by atoms with Crippen molar-refractivity contribution >= 4 is 10.1 Å². The summed E-state index contributed by atoms with van der Waals surface area (Å²) in [6.07, 6.45) is -0.455. The maximum Gasteiger partial charge on any atom is 0.261 e. The predicted molar refractivity (Wildman–Crippen MR) is 62.4 cm³/mol. The Kier molecular flexibility index (Phi) is 6.33. The van der Waals surface area contributed by atoms with Crippen molar-refractivity contribution in [3.05, 3.63) is 35.4 Å². The van der Waals surface area contributed by atoms with Gasteiger partial charge in [-0.2, -0.15) is 8.42 Å². The number of hydrogen-bond donors (Lipinski definition) is 3. The molecule has 0 saturated carbocycles. The van der Waals surface area contributed by atoms with Gasteiger partial charge in [0.1, 0.15) is 11.6 Å². The molecule has 0 bridgehead atoms. The molecule has 8 heteroatoms. The van der Waals surface area contributed by atoms with Gasteiger partial charge in [0.2, 0.25) is 0 Å². The molecule has 5 nitrogen and oxygen atoms in total. The predicted octanol–water partition coefficient (Wildman–Crippen LogP) is 0.849. The fourth-order valence-corrected chi connectivity index (χ4v) is 1.02. The molecule has 0 fully saturated rings. The summed E-state index contributed by atoms with van der Waals surface area (Å²) in [5.41, 5.74) is 5.25. The highest BCUT2D eigenvalue weighted by molar-refractivity contribution is 7.85. The fourth-order valence-electron chi connectivity index (χ4n) is 1.02. The normalized spacial score (nSPS) is 14.4. The van der Waals surface area contributed by atoms with E-state index >= 15 is 0 Å². The average molecular weight is 283 g/mol. The summed E-state index contributed by atoms with van der Waals surface area (Å²) in [5, 5.41) is 9.37. The summed E-state index contributed by atoms with van der Waals surface area (Å²) >= 11 is 0. The lowest BCUT2D eigenvalue weighted by atomic mass is 10.0. The van der Waals surface area contributed by atoms with Gasteiger partial charge < -0.3 is 10.8 Å². The van der Waals surface area contributed by atoms with Crippen molar-refractivity contribution in [3.63, 3.8) is 0 Å². The molecule has 0 amide bonds. The Morgan fingerprint density at radius 3 is 2.17 bits per heavy atom. The number of aliphatic hydroxyl groups excluding tert-OH is 1. The molecule has 18 heavy (non-hydrogen) atoms. The number of benzene rings is 1. The standard InChI is InChI=1S/C9H11F2NO.CH4O3S/c1-5(12)9(13)7-4-6(10)2-3-8(7)11;1-5(2,3)4/h2-5,9,13H,12H2,1H3;1H3,(H,2,3,4). The Hall–Kier alpha value is -1.09. The maximum atomic E-state index is 13.0. The smallest absolute Gasteiger partial charge is 0.261 e. The van der Waals surface area contributed by atoms with Gasteiger partial charge in [0.15, 0.2) is 0 Å².